The summed E-state index contributed by atoms with van der Waals surface area (Å²) in [7, 11) is 0. The molecule has 0 saturated carbocycles. The molecule has 0 saturated heterocycles. The monoisotopic (exact) mass is 260 g/mol. The van der Waals surface area contributed by atoms with Gasteiger partial charge in [0.15, 0.2) is 0 Å². The van der Waals surface area contributed by atoms with Gasteiger partial charge in [-0.05, 0) is 41.8 Å². The van der Waals surface area contributed by atoms with Crippen molar-refractivity contribution < 1.29 is 4.74 Å². The zero-order valence-electron chi connectivity index (χ0n) is 10.8. The molecule has 1 unspecified atom stereocenters. The smallest absolute Gasteiger partial charge is 0.243 e. The third-order valence-electron chi connectivity index (χ3n) is 2.89. The zero-order valence-corrected chi connectivity index (χ0v) is 11.6. The van der Waals surface area contributed by atoms with Crippen LogP contribution in [0, 0.1) is 18.3 Å². The molecular formula is C14H16N2OS. The van der Waals surface area contributed by atoms with E-state index in [4.69, 9.17) is 15.7 Å². The molecule has 0 aliphatic heterocycles. The maximum atomic E-state index is 8.96. The molecule has 94 valence electrons. The lowest BCUT2D eigenvalue weighted by atomic mass is 10.0. The van der Waals surface area contributed by atoms with E-state index in [1.165, 1.54) is 10.1 Å². The summed E-state index contributed by atoms with van der Waals surface area (Å²) in [6, 6.07) is 6.03. The fraction of sp³-hybridized carbons (Fsp3) is 0.357. The summed E-state index contributed by atoms with van der Waals surface area (Å²) in [5.41, 5.74) is 6.74. The van der Waals surface area contributed by atoms with Crippen molar-refractivity contribution in [3.8, 4) is 11.8 Å². The Labute approximate surface area is 111 Å². The van der Waals surface area contributed by atoms with Crippen LogP contribution in [0.3, 0.4) is 0 Å². The van der Waals surface area contributed by atoms with Crippen LogP contribution < -0.4 is 10.5 Å². The van der Waals surface area contributed by atoms with E-state index in [0.29, 0.717) is 5.75 Å². The van der Waals surface area contributed by atoms with E-state index in [1.807, 2.05) is 19.1 Å². The first-order valence-corrected chi connectivity index (χ1v) is 6.75. The van der Waals surface area contributed by atoms with Gasteiger partial charge in [-0.1, -0.05) is 6.92 Å². The average Bonchev–Trinajstić information content (AvgIpc) is 2.78. The molecule has 0 aliphatic rings. The van der Waals surface area contributed by atoms with Crippen LogP contribution in [0.1, 0.15) is 25.0 Å². The number of nitriles is 1. The molecule has 0 bridgehead atoms. The van der Waals surface area contributed by atoms with Crippen LogP contribution in [-0.4, -0.2) is 5.72 Å². The summed E-state index contributed by atoms with van der Waals surface area (Å²) in [5.74, 6) is 0.715. The van der Waals surface area contributed by atoms with Crippen molar-refractivity contribution in [2.24, 2.45) is 5.73 Å². The molecule has 0 fully saturated rings. The van der Waals surface area contributed by atoms with E-state index in [0.717, 1.165) is 17.5 Å². The van der Waals surface area contributed by atoms with Gasteiger partial charge < -0.3 is 4.74 Å². The highest BCUT2D eigenvalue weighted by molar-refractivity contribution is 7.17. The molecule has 0 amide bonds. The Morgan fingerprint density at radius 2 is 2.28 bits per heavy atom. The summed E-state index contributed by atoms with van der Waals surface area (Å²) in [6.07, 6.45) is 0.852. The molecule has 18 heavy (non-hydrogen) atoms. The highest BCUT2D eigenvalue weighted by atomic mass is 32.1. The summed E-state index contributed by atoms with van der Waals surface area (Å²) in [4.78, 5) is 0. The molecule has 0 spiro atoms. The molecule has 2 aromatic rings. The quantitative estimate of drug-likeness (QED) is 0.861. The van der Waals surface area contributed by atoms with E-state index >= 15 is 0 Å². The maximum Gasteiger partial charge on any atom is 0.243 e. The van der Waals surface area contributed by atoms with Gasteiger partial charge in [0.25, 0.3) is 0 Å². The van der Waals surface area contributed by atoms with Gasteiger partial charge in [-0.25, -0.2) is 0 Å². The molecule has 4 heteroatoms. The van der Waals surface area contributed by atoms with Crippen molar-refractivity contribution in [3.05, 3.63) is 28.6 Å². The topological polar surface area (TPSA) is 59.0 Å². The Morgan fingerprint density at radius 3 is 2.89 bits per heavy atom. The van der Waals surface area contributed by atoms with Crippen molar-refractivity contribution in [2.45, 2.75) is 32.9 Å². The number of aryl methyl sites for hydroxylation is 2. The van der Waals surface area contributed by atoms with Gasteiger partial charge in [0.2, 0.25) is 5.72 Å². The van der Waals surface area contributed by atoms with Crippen LogP contribution in [0.15, 0.2) is 17.5 Å². The van der Waals surface area contributed by atoms with E-state index in [1.54, 1.807) is 18.3 Å². The van der Waals surface area contributed by atoms with Gasteiger partial charge in [0.1, 0.15) is 11.8 Å². The van der Waals surface area contributed by atoms with Gasteiger partial charge in [0.05, 0.1) is 0 Å². The summed E-state index contributed by atoms with van der Waals surface area (Å²) in [6.45, 7) is 5.69. The second kappa shape index (κ2) is 4.60. The number of nitrogens with two attached hydrogens (primary N) is 1. The predicted molar refractivity (Wildman–Crippen MR) is 74.8 cm³/mol. The lowest BCUT2D eigenvalue weighted by Gasteiger charge is -2.21. The lowest BCUT2D eigenvalue weighted by Crippen LogP contribution is -2.41. The highest BCUT2D eigenvalue weighted by Gasteiger charge is 2.22. The Morgan fingerprint density at radius 1 is 1.56 bits per heavy atom. The number of rotatable bonds is 3. The highest BCUT2D eigenvalue weighted by Crippen LogP contribution is 2.35. The first-order chi connectivity index (χ1) is 8.48. The standard InChI is InChI=1S/C14H16N2OS/c1-4-10-11-5-6-18-13(11)9(2)7-12(10)17-14(3,16)8-15/h5-7H,4,16H2,1-3H3. The number of thiophene rings is 1. The number of hydrogen-bond acceptors (Lipinski definition) is 4. The molecule has 2 N–H and O–H groups in total. The van der Waals surface area contributed by atoms with Crippen molar-refractivity contribution in [3.63, 3.8) is 0 Å². The van der Waals surface area contributed by atoms with Crippen molar-refractivity contribution >= 4 is 21.4 Å². The molecule has 1 aromatic heterocycles. The SMILES string of the molecule is CCc1c(OC(C)(N)C#N)cc(C)c2sccc12. The van der Waals surface area contributed by atoms with Crippen LogP contribution in [0.4, 0.5) is 0 Å². The van der Waals surface area contributed by atoms with E-state index in [9.17, 15) is 0 Å². The second-order valence-corrected chi connectivity index (χ2v) is 5.42. The molecule has 1 heterocycles. The van der Waals surface area contributed by atoms with Crippen molar-refractivity contribution in [1.29, 1.82) is 5.26 Å². The van der Waals surface area contributed by atoms with Gasteiger partial charge >= 0.3 is 0 Å². The Bertz CT molecular complexity index is 622. The Hall–Kier alpha value is -1.57. The normalized spacial score (nSPS) is 14.2. The third kappa shape index (κ3) is 2.20. The van der Waals surface area contributed by atoms with Crippen LogP contribution in [0.25, 0.3) is 10.1 Å². The fourth-order valence-corrected chi connectivity index (χ4v) is 2.94. The predicted octanol–water partition coefficient (Wildman–Crippen LogP) is 3.35. The molecule has 3 nitrogen and oxygen atoms in total. The van der Waals surface area contributed by atoms with Gasteiger partial charge in [0, 0.05) is 17.2 Å². The fourth-order valence-electron chi connectivity index (χ4n) is 2.04. The first-order valence-electron chi connectivity index (χ1n) is 5.87. The maximum absolute atomic E-state index is 8.96. The molecule has 1 atom stereocenters. The number of hydrogen-bond donors (Lipinski definition) is 1. The van der Waals surface area contributed by atoms with Crippen molar-refractivity contribution in [1.82, 2.24) is 0 Å². The summed E-state index contributed by atoms with van der Waals surface area (Å²) in [5, 5.41) is 12.2. The van der Waals surface area contributed by atoms with Gasteiger partial charge in [-0.3, -0.25) is 5.73 Å². The lowest BCUT2D eigenvalue weighted by molar-refractivity contribution is 0.155. The van der Waals surface area contributed by atoms with Crippen molar-refractivity contribution in [2.75, 3.05) is 0 Å². The largest absolute Gasteiger partial charge is 0.460 e. The Kier molecular flexibility index (Phi) is 3.29. The summed E-state index contributed by atoms with van der Waals surface area (Å²) < 4.78 is 6.93. The van der Waals surface area contributed by atoms with Gasteiger partial charge in [-0.2, -0.15) is 5.26 Å². The van der Waals surface area contributed by atoms with E-state index in [-0.39, 0.29) is 0 Å². The minimum absolute atomic E-state index is 0.715. The minimum atomic E-state index is -1.29. The average molecular weight is 260 g/mol. The summed E-state index contributed by atoms with van der Waals surface area (Å²) >= 11 is 1.72. The molecular weight excluding hydrogens is 244 g/mol. The number of nitrogens with zero attached hydrogens (tertiary/aromatic N) is 1. The number of fused-ring (bicyclic) bond motifs is 1. The number of benzene rings is 1. The van der Waals surface area contributed by atoms with Crippen LogP contribution in [0.5, 0.6) is 5.75 Å². The van der Waals surface area contributed by atoms with E-state index in [2.05, 4.69) is 18.4 Å². The van der Waals surface area contributed by atoms with E-state index < -0.39 is 5.72 Å². The number of ether oxygens (including phenoxy) is 1. The molecule has 1 aromatic carbocycles. The van der Waals surface area contributed by atoms with Crippen LogP contribution in [0.2, 0.25) is 0 Å². The Balaban J connectivity index is 2.60. The van der Waals surface area contributed by atoms with Gasteiger partial charge in [-0.15, -0.1) is 11.3 Å². The van der Waals surface area contributed by atoms with Crippen LogP contribution in [-0.2, 0) is 6.42 Å². The molecule has 2 rings (SSSR count). The molecule has 0 radical (unpaired) electrons. The minimum Gasteiger partial charge on any atom is -0.460 e. The van der Waals surface area contributed by atoms with Crippen LogP contribution >= 0.6 is 11.3 Å². The zero-order chi connectivity index (χ0) is 13.3. The second-order valence-electron chi connectivity index (χ2n) is 4.51. The third-order valence-corrected chi connectivity index (χ3v) is 3.94. The molecule has 0 aliphatic carbocycles. The first kappa shape index (κ1) is 12.9.